The van der Waals surface area contributed by atoms with E-state index in [0.29, 0.717) is 24.9 Å². The van der Waals surface area contributed by atoms with Crippen molar-refractivity contribution in [2.24, 2.45) is 0 Å². The maximum atomic E-state index is 12.5. The third kappa shape index (κ3) is 6.17. The number of nitrogens with zero attached hydrogens (tertiary/aromatic N) is 3. The number of ether oxygens (including phenoxy) is 1. The van der Waals surface area contributed by atoms with Gasteiger partial charge in [0, 0.05) is 24.2 Å². The van der Waals surface area contributed by atoms with Crippen molar-refractivity contribution in [1.29, 1.82) is 0 Å². The largest absolute Gasteiger partial charge is 0.469 e. The summed E-state index contributed by atoms with van der Waals surface area (Å²) in [6, 6.07) is 7.48. The Balaban J connectivity index is 1.54. The molecular weight excluding hydrogens is 392 g/mol. The normalized spacial score (nSPS) is 14.4. The summed E-state index contributed by atoms with van der Waals surface area (Å²) in [6.07, 6.45) is 5.84. The van der Waals surface area contributed by atoms with Gasteiger partial charge in [0.05, 0.1) is 18.5 Å². The van der Waals surface area contributed by atoms with Crippen molar-refractivity contribution in [2.75, 3.05) is 33.3 Å². The topological polar surface area (TPSA) is 76.5 Å². The van der Waals surface area contributed by atoms with Gasteiger partial charge in [-0.05, 0) is 89.0 Å². The van der Waals surface area contributed by atoms with Crippen molar-refractivity contribution in [3.05, 3.63) is 46.8 Å². The molecule has 7 nitrogen and oxygen atoms in total. The number of esters is 1. The quantitative estimate of drug-likeness (QED) is 0.492. The molecule has 2 aromatic rings. The number of benzene rings is 1. The molecule has 0 bridgehead atoms. The summed E-state index contributed by atoms with van der Waals surface area (Å²) < 4.78 is 6.60. The van der Waals surface area contributed by atoms with Crippen LogP contribution in [0.2, 0.25) is 0 Å². The Morgan fingerprint density at radius 2 is 1.81 bits per heavy atom. The number of rotatable bonds is 9. The van der Waals surface area contributed by atoms with Crippen LogP contribution in [0.3, 0.4) is 0 Å². The fourth-order valence-corrected chi connectivity index (χ4v) is 4.16. The Bertz CT molecular complexity index is 883. The molecule has 0 saturated carbocycles. The highest BCUT2D eigenvalue weighted by Gasteiger charge is 2.15. The minimum Gasteiger partial charge on any atom is -0.469 e. The van der Waals surface area contributed by atoms with Crippen LogP contribution >= 0.6 is 0 Å². The van der Waals surface area contributed by atoms with Crippen LogP contribution in [0.1, 0.15) is 59.4 Å². The summed E-state index contributed by atoms with van der Waals surface area (Å²) in [4.78, 5) is 26.4. The van der Waals surface area contributed by atoms with Crippen LogP contribution in [0, 0.1) is 13.8 Å². The predicted octanol–water partition coefficient (Wildman–Crippen LogP) is 3.20. The molecule has 0 atom stereocenters. The number of likely N-dealkylation sites (tertiary alicyclic amines) is 1. The van der Waals surface area contributed by atoms with Gasteiger partial charge in [0.25, 0.3) is 5.91 Å². The molecule has 1 fully saturated rings. The van der Waals surface area contributed by atoms with Crippen LogP contribution in [-0.4, -0.2) is 59.8 Å². The number of aromatic nitrogens is 2. The first-order valence-corrected chi connectivity index (χ1v) is 11.2. The minimum absolute atomic E-state index is 0.0441. The average molecular weight is 427 g/mol. The van der Waals surface area contributed by atoms with Crippen LogP contribution in [0.5, 0.6) is 0 Å². The summed E-state index contributed by atoms with van der Waals surface area (Å²) in [6.45, 7) is 8.06. The molecule has 0 unspecified atom stereocenters. The van der Waals surface area contributed by atoms with Crippen LogP contribution in [0.15, 0.2) is 24.3 Å². The van der Waals surface area contributed by atoms with Gasteiger partial charge < -0.3 is 15.0 Å². The maximum Gasteiger partial charge on any atom is 0.305 e. The molecule has 1 aliphatic heterocycles. The summed E-state index contributed by atoms with van der Waals surface area (Å²) in [5, 5.41) is 7.65. The Hall–Kier alpha value is -2.67. The molecule has 1 aliphatic rings. The van der Waals surface area contributed by atoms with Gasteiger partial charge in [-0.1, -0.05) is 6.42 Å². The molecule has 1 amide bonds. The number of carbonyl (C=O) groups excluding carboxylic acids is 2. The highest BCUT2D eigenvalue weighted by Crippen LogP contribution is 2.20. The lowest BCUT2D eigenvalue weighted by atomic mass is 10.1. The van der Waals surface area contributed by atoms with E-state index in [4.69, 9.17) is 4.74 Å². The Morgan fingerprint density at radius 3 is 2.48 bits per heavy atom. The van der Waals surface area contributed by atoms with Crippen LogP contribution in [0.4, 0.5) is 0 Å². The minimum atomic E-state index is -0.224. The lowest BCUT2D eigenvalue weighted by Gasteiger charge is -2.26. The average Bonchev–Trinajstić information content (AvgIpc) is 3.08. The third-order valence-corrected chi connectivity index (χ3v) is 6.01. The standard InChI is InChI=1S/C24H34N4O3/c1-18-22(12-13-23(29)31-3)19(2)28(26-18)21-10-8-20(9-11-21)24(30)25-14-7-17-27-15-5-4-6-16-27/h8-11H,4-7,12-17H2,1-3H3,(H,25,30). The first kappa shape index (κ1) is 23.0. The number of nitrogens with one attached hydrogen (secondary N) is 1. The molecule has 0 radical (unpaired) electrons. The van der Waals surface area contributed by atoms with Gasteiger partial charge in [-0.25, -0.2) is 4.68 Å². The SMILES string of the molecule is COC(=O)CCc1c(C)nn(-c2ccc(C(=O)NCCCN3CCCCC3)cc2)c1C. The summed E-state index contributed by atoms with van der Waals surface area (Å²) in [5.74, 6) is -0.268. The zero-order chi connectivity index (χ0) is 22.2. The van der Waals surface area contributed by atoms with Crippen molar-refractivity contribution < 1.29 is 14.3 Å². The van der Waals surface area contributed by atoms with E-state index < -0.39 is 0 Å². The molecular formula is C24H34N4O3. The highest BCUT2D eigenvalue weighted by atomic mass is 16.5. The summed E-state index contributed by atoms with van der Waals surface area (Å²) in [7, 11) is 1.40. The molecule has 1 saturated heterocycles. The number of carbonyl (C=O) groups is 2. The van der Waals surface area contributed by atoms with Crippen LogP contribution in [0.25, 0.3) is 5.69 Å². The zero-order valence-electron chi connectivity index (χ0n) is 18.9. The van der Waals surface area contributed by atoms with Gasteiger partial charge in [-0.3, -0.25) is 9.59 Å². The molecule has 1 aromatic heterocycles. The number of piperidine rings is 1. The van der Waals surface area contributed by atoms with Gasteiger partial charge >= 0.3 is 5.97 Å². The molecule has 3 rings (SSSR count). The first-order chi connectivity index (χ1) is 15.0. The van der Waals surface area contributed by atoms with E-state index in [1.807, 2.05) is 42.8 Å². The number of methoxy groups -OCH3 is 1. The molecule has 1 aromatic carbocycles. The van der Waals surface area contributed by atoms with Crippen LogP contribution < -0.4 is 5.32 Å². The van der Waals surface area contributed by atoms with Gasteiger partial charge in [0.2, 0.25) is 0 Å². The molecule has 168 valence electrons. The van der Waals surface area contributed by atoms with E-state index in [1.54, 1.807) is 0 Å². The van der Waals surface area contributed by atoms with E-state index in [2.05, 4.69) is 15.3 Å². The van der Waals surface area contributed by atoms with Gasteiger partial charge in [0.1, 0.15) is 0 Å². The summed E-state index contributed by atoms with van der Waals surface area (Å²) >= 11 is 0. The predicted molar refractivity (Wildman–Crippen MR) is 121 cm³/mol. The maximum absolute atomic E-state index is 12.5. The van der Waals surface area contributed by atoms with E-state index in [-0.39, 0.29) is 11.9 Å². The van der Waals surface area contributed by atoms with Crippen molar-refractivity contribution in [2.45, 2.75) is 52.4 Å². The second-order valence-electron chi connectivity index (χ2n) is 8.20. The highest BCUT2D eigenvalue weighted by molar-refractivity contribution is 5.94. The molecule has 7 heteroatoms. The van der Waals surface area contributed by atoms with Crippen LogP contribution in [-0.2, 0) is 16.0 Å². The van der Waals surface area contributed by atoms with E-state index >= 15 is 0 Å². The van der Waals surface area contributed by atoms with Gasteiger partial charge in [-0.15, -0.1) is 0 Å². The van der Waals surface area contributed by atoms with E-state index in [0.717, 1.165) is 35.6 Å². The number of amides is 1. The number of aryl methyl sites for hydroxylation is 1. The van der Waals surface area contributed by atoms with E-state index in [1.165, 1.54) is 39.5 Å². The van der Waals surface area contributed by atoms with E-state index in [9.17, 15) is 9.59 Å². The third-order valence-electron chi connectivity index (χ3n) is 6.01. The second-order valence-corrected chi connectivity index (χ2v) is 8.20. The second kappa shape index (κ2) is 11.1. The summed E-state index contributed by atoms with van der Waals surface area (Å²) in [5.41, 5.74) is 4.50. The number of hydrogen-bond acceptors (Lipinski definition) is 5. The van der Waals surface area contributed by atoms with Crippen molar-refractivity contribution >= 4 is 11.9 Å². The smallest absolute Gasteiger partial charge is 0.305 e. The number of hydrogen-bond donors (Lipinski definition) is 1. The van der Waals surface area contributed by atoms with Crippen molar-refractivity contribution in [3.8, 4) is 5.69 Å². The van der Waals surface area contributed by atoms with Gasteiger partial charge in [0.15, 0.2) is 0 Å². The zero-order valence-corrected chi connectivity index (χ0v) is 18.9. The molecule has 2 heterocycles. The Morgan fingerprint density at radius 1 is 1.10 bits per heavy atom. The van der Waals surface area contributed by atoms with Crippen molar-refractivity contribution in [3.63, 3.8) is 0 Å². The monoisotopic (exact) mass is 426 g/mol. The lowest BCUT2D eigenvalue weighted by Crippen LogP contribution is -2.33. The first-order valence-electron chi connectivity index (χ1n) is 11.2. The molecule has 0 spiro atoms. The Labute approximate surface area is 184 Å². The lowest BCUT2D eigenvalue weighted by molar-refractivity contribution is -0.140. The molecule has 0 aliphatic carbocycles. The molecule has 1 N–H and O–H groups in total. The molecule has 31 heavy (non-hydrogen) atoms. The Kier molecular flexibility index (Phi) is 8.23. The fourth-order valence-electron chi connectivity index (χ4n) is 4.16. The fraction of sp³-hybridized carbons (Fsp3) is 0.542. The van der Waals surface area contributed by atoms with Crippen molar-refractivity contribution in [1.82, 2.24) is 20.0 Å². The van der Waals surface area contributed by atoms with Gasteiger partial charge in [-0.2, -0.15) is 5.10 Å².